The first-order valence-corrected chi connectivity index (χ1v) is 28.4. The van der Waals surface area contributed by atoms with Crippen LogP contribution >= 0.6 is 11.3 Å². The van der Waals surface area contributed by atoms with Gasteiger partial charge in [-0.1, -0.05) is 50.2 Å². The third-order valence-corrected chi connectivity index (χ3v) is 17.4. The Kier molecular flexibility index (Phi) is 16.0. The van der Waals surface area contributed by atoms with Crippen LogP contribution in [0.25, 0.3) is 43.2 Å². The topological polar surface area (TPSA) is 208 Å². The van der Waals surface area contributed by atoms with Gasteiger partial charge in [0.15, 0.2) is 11.6 Å². The van der Waals surface area contributed by atoms with Gasteiger partial charge in [-0.15, -0.1) is 11.3 Å². The van der Waals surface area contributed by atoms with Crippen LogP contribution in [0.15, 0.2) is 71.3 Å². The van der Waals surface area contributed by atoms with Gasteiger partial charge in [-0.05, 0) is 84.6 Å². The molecule has 442 valence electrons. The lowest BCUT2D eigenvalue weighted by atomic mass is 9.91. The highest BCUT2D eigenvalue weighted by Crippen LogP contribution is 2.48. The van der Waals surface area contributed by atoms with E-state index in [1.807, 2.05) is 11.0 Å². The summed E-state index contributed by atoms with van der Waals surface area (Å²) in [5.74, 6) is -5.96. The number of halogens is 8. The van der Waals surface area contributed by atoms with Gasteiger partial charge in [0, 0.05) is 80.2 Å². The molecule has 0 saturated carbocycles. The van der Waals surface area contributed by atoms with Crippen molar-refractivity contribution >= 4 is 55.0 Å². The minimum Gasteiger partial charge on any atom is -0.472 e. The molecule has 4 aliphatic rings. The number of piperidine rings is 1. The van der Waals surface area contributed by atoms with Crippen molar-refractivity contribution in [2.45, 2.75) is 101 Å². The average molecular weight is 1190 g/mol. The summed E-state index contributed by atoms with van der Waals surface area (Å²) in [6, 6.07) is 14.0. The number of nitrogens with one attached hydrogen (secondary N) is 2. The van der Waals surface area contributed by atoms with Crippen LogP contribution in [-0.4, -0.2) is 124 Å². The minimum atomic E-state index is -5.13. The molecular weight excluding hydrogens is 1130 g/mol. The molecule has 0 aliphatic carbocycles. The van der Waals surface area contributed by atoms with E-state index < -0.39 is 94.3 Å². The molecule has 7 heterocycles. The molecule has 16 nitrogen and oxygen atoms in total. The van der Waals surface area contributed by atoms with Crippen molar-refractivity contribution in [2.75, 3.05) is 63.1 Å². The zero-order valence-electron chi connectivity index (χ0n) is 45.7. The maximum absolute atomic E-state index is 17.3. The summed E-state index contributed by atoms with van der Waals surface area (Å²) in [6.07, 6.45) is -4.46. The molecule has 4 aliphatic heterocycles. The number of carbonyl (C=O) groups is 2. The number of aliphatic hydroxyl groups is 1. The molecular formula is C59H58F8N10O6S. The van der Waals surface area contributed by atoms with Crippen molar-refractivity contribution in [2.24, 2.45) is 5.92 Å². The number of amides is 2. The number of fused-ring (bicyclic) bond motifs is 4. The van der Waals surface area contributed by atoms with Crippen molar-refractivity contribution in [1.29, 1.82) is 5.26 Å². The molecule has 11 rings (SSSR count). The van der Waals surface area contributed by atoms with E-state index in [0.29, 0.717) is 35.6 Å². The smallest absolute Gasteiger partial charge is 0.417 e. The Morgan fingerprint density at radius 1 is 0.952 bits per heavy atom. The first kappa shape index (κ1) is 58.1. The maximum Gasteiger partial charge on any atom is 0.417 e. The lowest BCUT2D eigenvalue weighted by Gasteiger charge is -2.35. The number of hydrogen-bond donors (Lipinski definition) is 4. The molecule has 25 heteroatoms. The predicted octanol–water partition coefficient (Wildman–Crippen LogP) is 9.98. The molecule has 2 amide bonds. The summed E-state index contributed by atoms with van der Waals surface area (Å²) in [4.78, 5) is 42.0. The second-order valence-corrected chi connectivity index (χ2v) is 23.4. The van der Waals surface area contributed by atoms with Gasteiger partial charge in [-0.2, -0.15) is 28.4 Å². The number of nitriles is 1. The third-order valence-electron chi connectivity index (χ3n) is 16.4. The van der Waals surface area contributed by atoms with Crippen molar-refractivity contribution in [3.05, 3.63) is 112 Å². The van der Waals surface area contributed by atoms with Crippen LogP contribution in [0.4, 0.5) is 45.9 Å². The van der Waals surface area contributed by atoms with Crippen LogP contribution in [0, 0.1) is 40.5 Å². The largest absolute Gasteiger partial charge is 0.472 e. The van der Waals surface area contributed by atoms with Gasteiger partial charge in [-0.25, -0.2) is 22.0 Å². The number of nitrogen functional groups attached to an aromatic ring is 1. The van der Waals surface area contributed by atoms with Crippen LogP contribution in [0.5, 0.6) is 11.9 Å². The molecule has 7 aromatic rings. The maximum atomic E-state index is 17.3. The molecule has 0 spiro atoms. The standard InChI is InChI=1S/C59H58F8N10O6S/c1-29(2)46(56(80)77-27-35(78)21-43(77)55(79)70-30(3)31-7-9-32(10-8-31)47-40(60)5-4-6-41(47)61)44-23-45(74-83-44)82-28-58(64)15-17-75(18-16-58)19-20-81-57-72-51-37(54(73-57)76-25-33-11-12-34(26-76)71-33)22-39(59(65,66)67)49(50(51)63)36-13-14-42(62)52-48(36)38(24-68)53(69)84-52/h4-10,13-14,22-23,29-30,33-35,43,46,71,78H,11-12,15-21,25-28,69H2,1-3H3,(H,70,79)/t30-,33?,34?,35+,43-,46+/m0/s1. The Morgan fingerprint density at radius 3 is 2.32 bits per heavy atom. The number of likely N-dealkylation sites (tertiary alicyclic amines) is 2. The first-order valence-electron chi connectivity index (χ1n) is 27.6. The Hall–Kier alpha value is -7.66. The van der Waals surface area contributed by atoms with Crippen LogP contribution < -0.4 is 30.7 Å². The number of aliphatic hydroxyl groups excluding tert-OH is 1. The van der Waals surface area contributed by atoms with Gasteiger partial charge in [0.2, 0.25) is 11.8 Å². The molecule has 5 N–H and O–H groups in total. The Labute approximate surface area is 480 Å². The van der Waals surface area contributed by atoms with E-state index in [9.17, 15) is 28.7 Å². The number of hydrogen-bond acceptors (Lipinski definition) is 15. The fourth-order valence-electron chi connectivity index (χ4n) is 12.1. The van der Waals surface area contributed by atoms with Gasteiger partial charge >= 0.3 is 12.2 Å². The van der Waals surface area contributed by atoms with Crippen LogP contribution in [0.3, 0.4) is 0 Å². The second-order valence-electron chi connectivity index (χ2n) is 22.4. The van der Waals surface area contributed by atoms with Crippen LogP contribution in [0.1, 0.15) is 87.3 Å². The summed E-state index contributed by atoms with van der Waals surface area (Å²) >= 11 is 0.668. The van der Waals surface area contributed by atoms with E-state index in [0.717, 1.165) is 43.2 Å². The summed E-state index contributed by atoms with van der Waals surface area (Å²) in [5, 5.41) is 30.4. The molecule has 6 atom stereocenters. The third kappa shape index (κ3) is 11.4. The number of carbonyl (C=O) groups excluding carboxylic acids is 2. The van der Waals surface area contributed by atoms with E-state index in [-0.39, 0.29) is 131 Å². The number of rotatable bonds is 16. The summed E-state index contributed by atoms with van der Waals surface area (Å²) in [7, 11) is 0. The van der Waals surface area contributed by atoms with Crippen LogP contribution in [-0.2, 0) is 15.8 Å². The number of aromatic nitrogens is 3. The van der Waals surface area contributed by atoms with E-state index in [4.69, 9.17) is 19.7 Å². The van der Waals surface area contributed by atoms with Crippen molar-refractivity contribution in [1.82, 2.24) is 35.6 Å². The molecule has 0 radical (unpaired) electrons. The number of piperazine rings is 1. The molecule has 2 unspecified atom stereocenters. The zero-order valence-corrected chi connectivity index (χ0v) is 46.5. The van der Waals surface area contributed by atoms with Crippen molar-refractivity contribution in [3.63, 3.8) is 0 Å². The molecule has 3 aromatic heterocycles. The Morgan fingerprint density at radius 2 is 1.65 bits per heavy atom. The number of ether oxygens (including phenoxy) is 2. The molecule has 84 heavy (non-hydrogen) atoms. The monoisotopic (exact) mass is 1190 g/mol. The molecule has 4 fully saturated rings. The number of nitrogens with zero attached hydrogens (tertiary/aromatic N) is 7. The highest BCUT2D eigenvalue weighted by molar-refractivity contribution is 7.23. The summed E-state index contributed by atoms with van der Waals surface area (Å²) < 4.78 is 141. The molecule has 4 aromatic carbocycles. The van der Waals surface area contributed by atoms with E-state index >= 15 is 26.3 Å². The Bertz CT molecular complexity index is 3670. The number of benzene rings is 4. The van der Waals surface area contributed by atoms with E-state index in [2.05, 4.69) is 25.8 Å². The van der Waals surface area contributed by atoms with Gasteiger partial charge in [0.05, 0.1) is 33.5 Å². The van der Waals surface area contributed by atoms with E-state index in [1.54, 1.807) is 49.9 Å². The van der Waals surface area contributed by atoms with Gasteiger partial charge in [0.25, 0.3) is 5.88 Å². The highest BCUT2D eigenvalue weighted by atomic mass is 32.1. The SMILES string of the molecule is CC(C)[C@@H](C(=O)N1C[C@H](O)C[C@H]1C(=O)N[C@@H](C)c1ccc(-c2c(F)cccc2F)cc1)c1cc(OCC2(F)CCN(CCOc3nc(N4CC5CCC(C4)N5)c4cc(C(F)(F)F)c(-c5ccc(F)c6sc(N)c(C#N)c56)c(F)c4n3)CC2)no1. The first-order chi connectivity index (χ1) is 40.1. The number of nitrogens with two attached hydrogens (primary N) is 1. The highest BCUT2D eigenvalue weighted by Gasteiger charge is 2.45. The number of thiophene rings is 1. The molecule has 2 bridgehead atoms. The fourth-order valence-corrected chi connectivity index (χ4v) is 13.0. The fraction of sp³-hybridized carbons (Fsp3) is 0.424. The number of alkyl halides is 4. The lowest BCUT2D eigenvalue weighted by molar-refractivity contribution is -0.141. The number of anilines is 2. The normalized spacial score (nSPS) is 20.6. The zero-order chi connectivity index (χ0) is 59.5. The van der Waals surface area contributed by atoms with Gasteiger partial charge in [-0.3, -0.25) is 14.5 Å². The van der Waals surface area contributed by atoms with E-state index in [1.165, 1.54) is 17.0 Å². The van der Waals surface area contributed by atoms with Crippen molar-refractivity contribution < 1.29 is 63.8 Å². The van der Waals surface area contributed by atoms with Crippen LogP contribution in [0.2, 0.25) is 0 Å². The molecule has 4 saturated heterocycles. The lowest BCUT2D eigenvalue weighted by Crippen LogP contribution is -2.51. The predicted molar refractivity (Wildman–Crippen MR) is 296 cm³/mol. The summed E-state index contributed by atoms with van der Waals surface area (Å²) in [6.45, 7) is 6.14. The average Bonchev–Trinajstić information content (AvgIpc) is 3.33. The summed E-state index contributed by atoms with van der Waals surface area (Å²) in [5.41, 5.74) is 1.50. The van der Waals surface area contributed by atoms with Crippen molar-refractivity contribution in [3.8, 4) is 40.2 Å². The van der Waals surface area contributed by atoms with Gasteiger partial charge < -0.3 is 45.3 Å². The Balaban J connectivity index is 0.733. The van der Waals surface area contributed by atoms with Gasteiger partial charge in [0.1, 0.15) is 70.7 Å². The second kappa shape index (κ2) is 23.1. The number of β-amino-alcohol motifs (C(OH)–C–C–N with tert-alkyl or cyclic N) is 1. The quantitative estimate of drug-likeness (QED) is 0.0665. The minimum absolute atomic E-state index is 0.00808.